The first kappa shape index (κ1) is 14.1. The smallest absolute Gasteiger partial charge is 0.127 e. The van der Waals surface area contributed by atoms with Gasteiger partial charge in [0.2, 0.25) is 0 Å². The van der Waals surface area contributed by atoms with Crippen LogP contribution >= 0.6 is 0 Å². The standard InChI is InChI=1S/C16H19NO3/c1-11(12-5-4-6-13(17)7-12)20-16-9-14(18-2)8-15(10-16)19-3/h4-11H,17H2,1-3H3. The minimum absolute atomic E-state index is 0.115. The molecule has 0 aliphatic carbocycles. The zero-order valence-electron chi connectivity index (χ0n) is 11.9. The maximum Gasteiger partial charge on any atom is 0.127 e. The van der Waals surface area contributed by atoms with Gasteiger partial charge < -0.3 is 19.9 Å². The Hall–Kier alpha value is -2.36. The zero-order chi connectivity index (χ0) is 14.5. The number of benzene rings is 2. The van der Waals surface area contributed by atoms with E-state index in [1.54, 1.807) is 20.3 Å². The minimum Gasteiger partial charge on any atom is -0.496 e. The Balaban J connectivity index is 2.20. The molecule has 0 radical (unpaired) electrons. The second-order valence-electron chi connectivity index (χ2n) is 4.48. The first-order chi connectivity index (χ1) is 9.62. The summed E-state index contributed by atoms with van der Waals surface area (Å²) in [5.74, 6) is 2.08. The highest BCUT2D eigenvalue weighted by atomic mass is 16.5. The van der Waals surface area contributed by atoms with Gasteiger partial charge in [0.1, 0.15) is 23.4 Å². The molecule has 106 valence electrons. The molecule has 0 saturated carbocycles. The number of hydrogen-bond donors (Lipinski definition) is 1. The Morgan fingerprint density at radius 1 is 0.900 bits per heavy atom. The lowest BCUT2D eigenvalue weighted by atomic mass is 10.1. The number of nitrogens with two attached hydrogens (primary N) is 1. The molecule has 0 bridgehead atoms. The maximum atomic E-state index is 5.92. The fourth-order valence-corrected chi connectivity index (χ4v) is 1.93. The average Bonchev–Trinajstić information content (AvgIpc) is 2.46. The van der Waals surface area contributed by atoms with Crippen LogP contribution in [0.3, 0.4) is 0 Å². The van der Waals surface area contributed by atoms with Gasteiger partial charge in [-0.25, -0.2) is 0 Å². The second kappa shape index (κ2) is 6.19. The van der Waals surface area contributed by atoms with Crippen LogP contribution in [0.1, 0.15) is 18.6 Å². The van der Waals surface area contributed by atoms with Crippen LogP contribution in [0, 0.1) is 0 Å². The third kappa shape index (κ3) is 3.35. The van der Waals surface area contributed by atoms with Gasteiger partial charge in [0.05, 0.1) is 14.2 Å². The van der Waals surface area contributed by atoms with Gasteiger partial charge in [-0.1, -0.05) is 12.1 Å². The fourth-order valence-electron chi connectivity index (χ4n) is 1.93. The lowest BCUT2D eigenvalue weighted by molar-refractivity contribution is 0.225. The molecule has 2 N–H and O–H groups in total. The van der Waals surface area contributed by atoms with Crippen molar-refractivity contribution in [2.24, 2.45) is 0 Å². The van der Waals surface area contributed by atoms with Gasteiger partial charge in [0.25, 0.3) is 0 Å². The highest BCUT2D eigenvalue weighted by Gasteiger charge is 2.10. The fraction of sp³-hybridized carbons (Fsp3) is 0.250. The molecule has 0 fully saturated rings. The summed E-state index contributed by atoms with van der Waals surface area (Å²) in [6.07, 6.45) is -0.115. The molecule has 2 aromatic carbocycles. The summed E-state index contributed by atoms with van der Waals surface area (Å²) in [7, 11) is 3.22. The predicted molar refractivity (Wildman–Crippen MR) is 79.4 cm³/mol. The lowest BCUT2D eigenvalue weighted by Gasteiger charge is -2.17. The Morgan fingerprint density at radius 3 is 2.05 bits per heavy atom. The minimum atomic E-state index is -0.115. The molecule has 4 heteroatoms. The Morgan fingerprint density at radius 2 is 1.50 bits per heavy atom. The summed E-state index contributed by atoms with van der Waals surface area (Å²) in [6, 6.07) is 13.1. The van der Waals surface area contributed by atoms with E-state index in [0.29, 0.717) is 17.2 Å². The Bertz CT molecular complexity index is 561. The van der Waals surface area contributed by atoms with Gasteiger partial charge in [0, 0.05) is 23.9 Å². The topological polar surface area (TPSA) is 53.7 Å². The third-order valence-electron chi connectivity index (χ3n) is 3.02. The predicted octanol–water partition coefficient (Wildman–Crippen LogP) is 3.43. The van der Waals surface area contributed by atoms with E-state index in [1.807, 2.05) is 43.3 Å². The number of hydrogen-bond acceptors (Lipinski definition) is 4. The normalized spacial score (nSPS) is 11.8. The largest absolute Gasteiger partial charge is 0.496 e. The lowest BCUT2D eigenvalue weighted by Crippen LogP contribution is -2.04. The van der Waals surface area contributed by atoms with E-state index in [9.17, 15) is 0 Å². The van der Waals surface area contributed by atoms with Crippen molar-refractivity contribution in [2.45, 2.75) is 13.0 Å². The summed E-state index contributed by atoms with van der Waals surface area (Å²) >= 11 is 0. The molecule has 2 rings (SSSR count). The number of rotatable bonds is 5. The summed E-state index contributed by atoms with van der Waals surface area (Å²) in [6.45, 7) is 1.97. The molecule has 0 aliphatic heterocycles. The molecular weight excluding hydrogens is 254 g/mol. The molecule has 0 spiro atoms. The van der Waals surface area contributed by atoms with E-state index in [-0.39, 0.29) is 6.10 Å². The van der Waals surface area contributed by atoms with Crippen molar-refractivity contribution in [3.63, 3.8) is 0 Å². The molecule has 0 heterocycles. The summed E-state index contributed by atoms with van der Waals surface area (Å²) in [4.78, 5) is 0. The van der Waals surface area contributed by atoms with Crippen molar-refractivity contribution in [3.8, 4) is 17.2 Å². The SMILES string of the molecule is COc1cc(OC)cc(OC(C)c2cccc(N)c2)c1. The van der Waals surface area contributed by atoms with Crippen molar-refractivity contribution in [3.05, 3.63) is 48.0 Å². The van der Waals surface area contributed by atoms with Crippen molar-refractivity contribution in [2.75, 3.05) is 20.0 Å². The van der Waals surface area contributed by atoms with Gasteiger partial charge in [0.15, 0.2) is 0 Å². The van der Waals surface area contributed by atoms with Gasteiger partial charge in [-0.2, -0.15) is 0 Å². The molecule has 0 amide bonds. The molecule has 0 aliphatic rings. The first-order valence-electron chi connectivity index (χ1n) is 6.37. The van der Waals surface area contributed by atoms with E-state index in [2.05, 4.69) is 0 Å². The zero-order valence-corrected chi connectivity index (χ0v) is 11.9. The third-order valence-corrected chi connectivity index (χ3v) is 3.02. The highest BCUT2D eigenvalue weighted by molar-refractivity contribution is 5.44. The van der Waals surface area contributed by atoms with Crippen LogP contribution in [0.5, 0.6) is 17.2 Å². The molecular formula is C16H19NO3. The number of methoxy groups -OCH3 is 2. The van der Waals surface area contributed by atoms with E-state index in [1.165, 1.54) is 0 Å². The quantitative estimate of drug-likeness (QED) is 0.848. The average molecular weight is 273 g/mol. The van der Waals surface area contributed by atoms with Crippen LogP contribution in [0.4, 0.5) is 5.69 Å². The Kier molecular flexibility index (Phi) is 4.35. The molecule has 2 aromatic rings. The van der Waals surface area contributed by atoms with Crippen LogP contribution in [0.15, 0.2) is 42.5 Å². The number of nitrogen functional groups attached to an aromatic ring is 1. The van der Waals surface area contributed by atoms with Crippen molar-refractivity contribution in [1.29, 1.82) is 0 Å². The first-order valence-corrected chi connectivity index (χ1v) is 6.37. The molecule has 1 unspecified atom stereocenters. The van der Waals surface area contributed by atoms with Crippen LogP contribution in [-0.2, 0) is 0 Å². The number of ether oxygens (including phenoxy) is 3. The maximum absolute atomic E-state index is 5.92. The molecule has 1 atom stereocenters. The van der Waals surface area contributed by atoms with E-state index in [4.69, 9.17) is 19.9 Å². The highest BCUT2D eigenvalue weighted by Crippen LogP contribution is 2.30. The van der Waals surface area contributed by atoms with E-state index < -0.39 is 0 Å². The molecule has 0 aromatic heterocycles. The molecule has 4 nitrogen and oxygen atoms in total. The monoisotopic (exact) mass is 273 g/mol. The van der Waals surface area contributed by atoms with Gasteiger partial charge in [-0.05, 0) is 24.6 Å². The second-order valence-corrected chi connectivity index (χ2v) is 4.48. The number of anilines is 1. The van der Waals surface area contributed by atoms with Crippen LogP contribution in [-0.4, -0.2) is 14.2 Å². The molecule has 20 heavy (non-hydrogen) atoms. The van der Waals surface area contributed by atoms with Gasteiger partial charge in [-0.15, -0.1) is 0 Å². The van der Waals surface area contributed by atoms with Gasteiger partial charge in [-0.3, -0.25) is 0 Å². The van der Waals surface area contributed by atoms with Crippen molar-refractivity contribution in [1.82, 2.24) is 0 Å². The van der Waals surface area contributed by atoms with Crippen LogP contribution in [0.2, 0.25) is 0 Å². The van der Waals surface area contributed by atoms with Crippen LogP contribution < -0.4 is 19.9 Å². The van der Waals surface area contributed by atoms with E-state index >= 15 is 0 Å². The van der Waals surface area contributed by atoms with E-state index in [0.717, 1.165) is 11.3 Å². The Labute approximate surface area is 119 Å². The van der Waals surface area contributed by atoms with Gasteiger partial charge >= 0.3 is 0 Å². The summed E-state index contributed by atoms with van der Waals surface area (Å²) in [5, 5.41) is 0. The molecule has 0 saturated heterocycles. The summed E-state index contributed by atoms with van der Waals surface area (Å²) in [5.41, 5.74) is 7.53. The van der Waals surface area contributed by atoms with Crippen LogP contribution in [0.25, 0.3) is 0 Å². The van der Waals surface area contributed by atoms with Crippen molar-refractivity contribution >= 4 is 5.69 Å². The van der Waals surface area contributed by atoms with Crippen molar-refractivity contribution < 1.29 is 14.2 Å². The summed E-state index contributed by atoms with van der Waals surface area (Å²) < 4.78 is 16.4.